The highest BCUT2D eigenvalue weighted by atomic mass is 35.5. The maximum absolute atomic E-state index is 6.30. The summed E-state index contributed by atoms with van der Waals surface area (Å²) >= 11 is 8.02. The van der Waals surface area contributed by atoms with Crippen LogP contribution in [-0.4, -0.2) is 9.97 Å². The molecule has 92 valence electrons. The van der Waals surface area contributed by atoms with Gasteiger partial charge in [0.05, 0.1) is 5.39 Å². The van der Waals surface area contributed by atoms with Crippen molar-refractivity contribution >= 4 is 33.2 Å². The fourth-order valence-electron chi connectivity index (χ4n) is 2.05. The number of hydrogen-bond acceptors (Lipinski definition) is 3. The summed E-state index contributed by atoms with van der Waals surface area (Å²) in [6.45, 7) is 8.60. The molecule has 2 aromatic heterocycles. The summed E-state index contributed by atoms with van der Waals surface area (Å²) in [6, 6.07) is 0. The highest BCUT2D eigenvalue weighted by molar-refractivity contribution is 7.18. The van der Waals surface area contributed by atoms with Crippen LogP contribution in [0.25, 0.3) is 10.2 Å². The van der Waals surface area contributed by atoms with E-state index < -0.39 is 0 Å². The lowest BCUT2D eigenvalue weighted by atomic mass is 10.1. The Balaban J connectivity index is 2.59. The van der Waals surface area contributed by atoms with Gasteiger partial charge in [0.15, 0.2) is 0 Å². The van der Waals surface area contributed by atoms with E-state index in [0.717, 1.165) is 28.9 Å². The maximum Gasteiger partial charge on any atom is 0.141 e. The predicted molar refractivity (Wildman–Crippen MR) is 75.1 cm³/mol. The molecule has 0 amide bonds. The van der Waals surface area contributed by atoms with Crippen molar-refractivity contribution in [2.45, 2.75) is 40.5 Å². The minimum atomic E-state index is 0.551. The van der Waals surface area contributed by atoms with Crippen LogP contribution in [0.3, 0.4) is 0 Å². The molecule has 0 saturated carbocycles. The number of nitrogens with zero attached hydrogens (tertiary/aromatic N) is 2. The molecule has 0 saturated heterocycles. The number of rotatable bonds is 3. The highest BCUT2D eigenvalue weighted by Crippen LogP contribution is 2.34. The number of fused-ring (bicyclic) bond motifs is 1. The van der Waals surface area contributed by atoms with Crippen molar-refractivity contribution in [1.29, 1.82) is 0 Å². The van der Waals surface area contributed by atoms with Gasteiger partial charge in [0, 0.05) is 11.3 Å². The van der Waals surface area contributed by atoms with E-state index in [1.165, 1.54) is 10.4 Å². The van der Waals surface area contributed by atoms with E-state index in [0.29, 0.717) is 11.1 Å². The lowest BCUT2D eigenvalue weighted by Gasteiger charge is -2.05. The molecule has 17 heavy (non-hydrogen) atoms. The standard InChI is InChI=1S/C13H17ClN2S/c1-5-9-8(4)17-13-11(9)12(14)15-10(16-13)6-7(2)3/h7H,5-6H2,1-4H3. The van der Waals surface area contributed by atoms with Crippen LogP contribution < -0.4 is 0 Å². The lowest BCUT2D eigenvalue weighted by Crippen LogP contribution is -2.01. The van der Waals surface area contributed by atoms with Crippen molar-refractivity contribution in [1.82, 2.24) is 9.97 Å². The Morgan fingerprint density at radius 1 is 1.29 bits per heavy atom. The third-order valence-corrected chi connectivity index (χ3v) is 4.11. The fourth-order valence-corrected chi connectivity index (χ4v) is 3.54. The molecular weight excluding hydrogens is 252 g/mol. The summed E-state index contributed by atoms with van der Waals surface area (Å²) in [4.78, 5) is 11.4. The number of thiophene rings is 1. The third kappa shape index (κ3) is 2.45. The van der Waals surface area contributed by atoms with E-state index in [-0.39, 0.29) is 0 Å². The van der Waals surface area contributed by atoms with Gasteiger partial charge in [-0.1, -0.05) is 32.4 Å². The van der Waals surface area contributed by atoms with E-state index in [2.05, 4.69) is 37.7 Å². The van der Waals surface area contributed by atoms with Gasteiger partial charge < -0.3 is 0 Å². The molecule has 0 aliphatic rings. The first-order chi connectivity index (χ1) is 8.02. The van der Waals surface area contributed by atoms with Crippen LogP contribution in [0.4, 0.5) is 0 Å². The van der Waals surface area contributed by atoms with Gasteiger partial charge in [0.25, 0.3) is 0 Å². The predicted octanol–water partition coefficient (Wildman–Crippen LogP) is 4.41. The molecule has 0 atom stereocenters. The molecule has 2 nitrogen and oxygen atoms in total. The summed E-state index contributed by atoms with van der Waals surface area (Å²) in [6.07, 6.45) is 1.87. The average molecular weight is 269 g/mol. The highest BCUT2D eigenvalue weighted by Gasteiger charge is 2.15. The van der Waals surface area contributed by atoms with E-state index in [1.807, 2.05) is 0 Å². The molecule has 2 rings (SSSR count). The maximum atomic E-state index is 6.30. The van der Waals surface area contributed by atoms with Crippen molar-refractivity contribution in [3.05, 3.63) is 21.4 Å². The second-order valence-electron chi connectivity index (χ2n) is 4.70. The number of halogens is 1. The smallest absolute Gasteiger partial charge is 0.141 e. The van der Waals surface area contributed by atoms with Crippen molar-refractivity contribution in [3.63, 3.8) is 0 Å². The second-order valence-corrected chi connectivity index (χ2v) is 6.26. The van der Waals surface area contributed by atoms with Gasteiger partial charge in [-0.25, -0.2) is 9.97 Å². The van der Waals surface area contributed by atoms with Crippen LogP contribution in [0.5, 0.6) is 0 Å². The van der Waals surface area contributed by atoms with Crippen LogP contribution in [0.2, 0.25) is 5.15 Å². The summed E-state index contributed by atoms with van der Waals surface area (Å²) in [7, 11) is 0. The molecule has 0 fully saturated rings. The van der Waals surface area contributed by atoms with E-state index in [1.54, 1.807) is 11.3 Å². The van der Waals surface area contributed by atoms with Gasteiger partial charge in [-0.2, -0.15) is 0 Å². The molecule has 0 aliphatic heterocycles. The first kappa shape index (κ1) is 12.8. The quantitative estimate of drug-likeness (QED) is 0.771. The SMILES string of the molecule is CCc1c(C)sc2nc(CC(C)C)nc(Cl)c12. The van der Waals surface area contributed by atoms with Crippen LogP contribution in [0, 0.1) is 12.8 Å². The zero-order chi connectivity index (χ0) is 12.6. The molecule has 0 radical (unpaired) electrons. The number of hydrogen-bond donors (Lipinski definition) is 0. The van der Waals surface area contributed by atoms with Crippen molar-refractivity contribution in [3.8, 4) is 0 Å². The van der Waals surface area contributed by atoms with Gasteiger partial charge in [0.2, 0.25) is 0 Å². The zero-order valence-electron chi connectivity index (χ0n) is 10.7. The lowest BCUT2D eigenvalue weighted by molar-refractivity contribution is 0.623. The first-order valence-corrected chi connectivity index (χ1v) is 7.16. The fraction of sp³-hybridized carbons (Fsp3) is 0.538. The Bertz CT molecular complexity index is 546. The molecule has 4 heteroatoms. The Morgan fingerprint density at radius 2 is 2.00 bits per heavy atom. The summed E-state index contributed by atoms with van der Waals surface area (Å²) in [5.74, 6) is 1.41. The molecule has 2 heterocycles. The Hall–Kier alpha value is -0.670. The Morgan fingerprint density at radius 3 is 2.59 bits per heavy atom. The van der Waals surface area contributed by atoms with Gasteiger partial charge in [-0.05, 0) is 24.8 Å². The second kappa shape index (κ2) is 4.91. The third-order valence-electron chi connectivity index (χ3n) is 2.80. The van der Waals surface area contributed by atoms with Crippen molar-refractivity contribution < 1.29 is 0 Å². The van der Waals surface area contributed by atoms with E-state index in [4.69, 9.17) is 11.6 Å². The normalized spacial score (nSPS) is 11.6. The van der Waals surface area contributed by atoms with Crippen LogP contribution in [0.1, 0.15) is 37.0 Å². The first-order valence-electron chi connectivity index (χ1n) is 5.97. The summed E-state index contributed by atoms with van der Waals surface area (Å²) in [5.41, 5.74) is 1.30. The molecule has 2 aromatic rings. The molecule has 0 aromatic carbocycles. The van der Waals surface area contributed by atoms with Gasteiger partial charge in [0.1, 0.15) is 15.8 Å². The molecule has 0 spiro atoms. The molecule has 0 N–H and O–H groups in total. The molecular formula is C13H17ClN2S. The van der Waals surface area contributed by atoms with Gasteiger partial charge in [-0.15, -0.1) is 11.3 Å². The van der Waals surface area contributed by atoms with Crippen molar-refractivity contribution in [2.24, 2.45) is 5.92 Å². The summed E-state index contributed by atoms with van der Waals surface area (Å²) in [5, 5.41) is 1.68. The number of aromatic nitrogens is 2. The summed E-state index contributed by atoms with van der Waals surface area (Å²) < 4.78 is 0. The minimum absolute atomic E-state index is 0.551. The minimum Gasteiger partial charge on any atom is -0.222 e. The van der Waals surface area contributed by atoms with Crippen LogP contribution >= 0.6 is 22.9 Å². The monoisotopic (exact) mass is 268 g/mol. The topological polar surface area (TPSA) is 25.8 Å². The van der Waals surface area contributed by atoms with E-state index in [9.17, 15) is 0 Å². The number of aryl methyl sites for hydroxylation is 2. The molecule has 0 aliphatic carbocycles. The van der Waals surface area contributed by atoms with E-state index >= 15 is 0 Å². The zero-order valence-corrected chi connectivity index (χ0v) is 12.2. The van der Waals surface area contributed by atoms with Crippen LogP contribution in [0.15, 0.2) is 0 Å². The van der Waals surface area contributed by atoms with Gasteiger partial charge >= 0.3 is 0 Å². The van der Waals surface area contributed by atoms with Gasteiger partial charge in [-0.3, -0.25) is 0 Å². The Labute approximate surface area is 111 Å². The molecule has 0 bridgehead atoms. The average Bonchev–Trinajstić information content (AvgIpc) is 2.52. The Kier molecular flexibility index (Phi) is 3.69. The molecule has 0 unspecified atom stereocenters. The van der Waals surface area contributed by atoms with Crippen molar-refractivity contribution in [2.75, 3.05) is 0 Å². The largest absolute Gasteiger partial charge is 0.222 e. The van der Waals surface area contributed by atoms with Crippen LogP contribution in [-0.2, 0) is 12.8 Å².